The van der Waals surface area contributed by atoms with E-state index in [9.17, 15) is 0 Å². The molecular weight excluding hydrogens is 358 g/mol. The van der Waals surface area contributed by atoms with Crippen LogP contribution in [0.15, 0.2) is 0 Å². The molecule has 1 N–H and O–H groups in total. The van der Waals surface area contributed by atoms with E-state index in [1.165, 1.54) is 0 Å². The highest BCUT2D eigenvalue weighted by molar-refractivity contribution is 14.1. The van der Waals surface area contributed by atoms with Crippen molar-refractivity contribution in [3.63, 3.8) is 0 Å². The van der Waals surface area contributed by atoms with Crippen LogP contribution in [0.2, 0.25) is 0 Å². The largest absolute Gasteiger partial charge is 0.357 e. The van der Waals surface area contributed by atoms with E-state index in [0.717, 1.165) is 0 Å². The lowest BCUT2D eigenvalue weighted by Gasteiger charge is -1.96. The van der Waals surface area contributed by atoms with E-state index in [4.69, 9.17) is 0 Å². The summed E-state index contributed by atoms with van der Waals surface area (Å²) in [5.74, 6) is 0.615. The Morgan fingerprint density at radius 1 is 1.10 bits per heavy atom. The highest BCUT2D eigenvalue weighted by Crippen LogP contribution is 2.04. The second-order valence-electron chi connectivity index (χ2n) is 1.45. The van der Waals surface area contributed by atoms with Crippen LogP contribution in [0.5, 0.6) is 0 Å². The molecule has 54 valence electrons. The van der Waals surface area contributed by atoms with Gasteiger partial charge in [-0.2, -0.15) is 15.0 Å². The Hall–Kier alpha value is 0.270. The summed E-state index contributed by atoms with van der Waals surface area (Å²) in [7, 11) is 1.78. The van der Waals surface area contributed by atoms with Gasteiger partial charge in [0.1, 0.15) is 0 Å². The zero-order valence-electron chi connectivity index (χ0n) is 5.10. The molecule has 1 rings (SSSR count). The van der Waals surface area contributed by atoms with Crippen LogP contribution in [-0.2, 0) is 0 Å². The van der Waals surface area contributed by atoms with Gasteiger partial charge in [0.25, 0.3) is 0 Å². The third-order valence-electron chi connectivity index (χ3n) is 0.804. The van der Waals surface area contributed by atoms with Gasteiger partial charge in [0.05, 0.1) is 0 Å². The van der Waals surface area contributed by atoms with E-state index >= 15 is 0 Å². The first kappa shape index (κ1) is 8.37. The minimum Gasteiger partial charge on any atom is -0.357 e. The molecule has 0 fully saturated rings. The number of anilines is 1. The lowest BCUT2D eigenvalue weighted by molar-refractivity contribution is 0.970. The molecule has 0 aliphatic carbocycles. The minimum atomic E-state index is 0.615. The molecule has 0 radical (unpaired) electrons. The molecule has 1 heterocycles. The van der Waals surface area contributed by atoms with E-state index in [0.29, 0.717) is 13.6 Å². The lowest BCUT2D eigenvalue weighted by Crippen LogP contribution is -2.02. The smallest absolute Gasteiger partial charge is 0.227 e. The normalized spacial score (nSPS) is 9.50. The first-order valence-corrected chi connectivity index (χ1v) is 4.63. The predicted molar refractivity (Wildman–Crippen MR) is 54.8 cm³/mol. The number of hydrogen-bond acceptors (Lipinski definition) is 4. The van der Waals surface area contributed by atoms with Gasteiger partial charge in [-0.05, 0) is 0 Å². The summed E-state index contributed by atoms with van der Waals surface area (Å²) in [4.78, 5) is 12.0. The maximum Gasteiger partial charge on any atom is 0.227 e. The van der Waals surface area contributed by atoms with E-state index in [-0.39, 0.29) is 0 Å². The van der Waals surface area contributed by atoms with Crippen LogP contribution >= 0.6 is 45.2 Å². The average molecular weight is 362 g/mol. The molecule has 0 aliphatic rings. The number of aromatic nitrogens is 3. The SMILES string of the molecule is CNc1nc(I)nc(I)n1. The number of nitrogens with zero attached hydrogens (tertiary/aromatic N) is 3. The Labute approximate surface area is 85.5 Å². The molecule has 6 heteroatoms. The fraction of sp³-hybridized carbons (Fsp3) is 0.250. The Balaban J connectivity index is 3.06. The van der Waals surface area contributed by atoms with Crippen LogP contribution in [0.1, 0.15) is 0 Å². The standard InChI is InChI=1S/C4H4I2N4/c1-7-4-9-2(5)8-3(6)10-4/h1H3,(H,7,8,9,10). The zero-order chi connectivity index (χ0) is 7.56. The molecule has 0 aromatic carbocycles. The van der Waals surface area contributed by atoms with Crippen molar-refractivity contribution in [2.75, 3.05) is 12.4 Å². The second-order valence-corrected chi connectivity index (χ2v) is 3.38. The first-order valence-electron chi connectivity index (χ1n) is 2.47. The van der Waals surface area contributed by atoms with Crippen molar-refractivity contribution in [1.29, 1.82) is 0 Å². The summed E-state index contributed by atoms with van der Waals surface area (Å²) >= 11 is 4.09. The van der Waals surface area contributed by atoms with Crippen molar-refractivity contribution in [2.24, 2.45) is 0 Å². The summed E-state index contributed by atoms with van der Waals surface area (Å²) in [6.07, 6.45) is 0. The fourth-order valence-electron chi connectivity index (χ4n) is 0.438. The van der Waals surface area contributed by atoms with Gasteiger partial charge < -0.3 is 5.32 Å². The monoisotopic (exact) mass is 362 g/mol. The van der Waals surface area contributed by atoms with Crippen LogP contribution in [0.3, 0.4) is 0 Å². The van der Waals surface area contributed by atoms with Gasteiger partial charge in [-0.15, -0.1) is 0 Å². The van der Waals surface area contributed by atoms with Crippen molar-refractivity contribution < 1.29 is 0 Å². The number of rotatable bonds is 1. The third-order valence-corrected chi connectivity index (χ3v) is 1.77. The Morgan fingerprint density at radius 2 is 1.60 bits per heavy atom. The first-order chi connectivity index (χ1) is 4.72. The van der Waals surface area contributed by atoms with Crippen LogP contribution in [-0.4, -0.2) is 22.0 Å². The van der Waals surface area contributed by atoms with E-state index < -0.39 is 0 Å². The Kier molecular flexibility index (Phi) is 3.01. The molecule has 0 spiro atoms. The van der Waals surface area contributed by atoms with Gasteiger partial charge in [-0.3, -0.25) is 0 Å². The minimum absolute atomic E-state index is 0.615. The van der Waals surface area contributed by atoms with E-state index in [1.54, 1.807) is 7.05 Å². The molecule has 0 amide bonds. The number of hydrogen-bond donors (Lipinski definition) is 1. The summed E-state index contributed by atoms with van der Waals surface area (Å²) < 4.78 is 1.42. The Bertz CT molecular complexity index is 218. The molecular formula is C4H4I2N4. The highest BCUT2D eigenvalue weighted by atomic mass is 127. The number of halogens is 2. The van der Waals surface area contributed by atoms with Gasteiger partial charge in [0, 0.05) is 52.2 Å². The summed E-state index contributed by atoms with van der Waals surface area (Å²) in [6, 6.07) is 0. The van der Waals surface area contributed by atoms with Gasteiger partial charge in [0.2, 0.25) is 5.95 Å². The maximum atomic E-state index is 4.00. The van der Waals surface area contributed by atoms with Crippen molar-refractivity contribution >= 4 is 51.1 Å². The van der Waals surface area contributed by atoms with Crippen LogP contribution < -0.4 is 5.32 Å². The van der Waals surface area contributed by atoms with Crippen molar-refractivity contribution in [3.05, 3.63) is 7.66 Å². The molecule has 4 nitrogen and oxygen atoms in total. The maximum absolute atomic E-state index is 4.00. The predicted octanol–water partition coefficient (Wildman–Crippen LogP) is 1.12. The molecule has 0 saturated heterocycles. The van der Waals surface area contributed by atoms with Crippen LogP contribution in [0.4, 0.5) is 5.95 Å². The van der Waals surface area contributed by atoms with Crippen molar-refractivity contribution in [2.45, 2.75) is 0 Å². The molecule has 1 aromatic heterocycles. The molecule has 1 aromatic rings. The second kappa shape index (κ2) is 3.60. The van der Waals surface area contributed by atoms with Crippen molar-refractivity contribution in [3.8, 4) is 0 Å². The molecule has 0 bridgehead atoms. The molecule has 0 aliphatic heterocycles. The molecule has 10 heavy (non-hydrogen) atoms. The fourth-order valence-corrected chi connectivity index (χ4v) is 1.81. The topological polar surface area (TPSA) is 50.7 Å². The van der Waals surface area contributed by atoms with Gasteiger partial charge in [-0.25, -0.2) is 0 Å². The lowest BCUT2D eigenvalue weighted by atomic mass is 10.9. The van der Waals surface area contributed by atoms with E-state index in [2.05, 4.69) is 20.3 Å². The highest BCUT2D eigenvalue weighted by Gasteiger charge is 1.97. The van der Waals surface area contributed by atoms with Crippen LogP contribution in [0, 0.1) is 7.66 Å². The molecule has 0 saturated carbocycles. The summed E-state index contributed by atoms with van der Waals surface area (Å²) in [6.45, 7) is 0. The Morgan fingerprint density at radius 3 is 2.00 bits per heavy atom. The summed E-state index contributed by atoms with van der Waals surface area (Å²) in [5, 5.41) is 2.84. The van der Waals surface area contributed by atoms with Crippen molar-refractivity contribution in [1.82, 2.24) is 15.0 Å². The quantitative estimate of drug-likeness (QED) is 0.762. The molecule has 0 atom stereocenters. The molecule has 0 unspecified atom stereocenters. The van der Waals surface area contributed by atoms with Gasteiger partial charge in [0.15, 0.2) is 7.66 Å². The van der Waals surface area contributed by atoms with Gasteiger partial charge in [-0.1, -0.05) is 0 Å². The third kappa shape index (κ3) is 2.15. The van der Waals surface area contributed by atoms with Crippen LogP contribution in [0.25, 0.3) is 0 Å². The summed E-state index contributed by atoms with van der Waals surface area (Å²) in [5.41, 5.74) is 0. The van der Waals surface area contributed by atoms with E-state index in [1.807, 2.05) is 45.2 Å². The average Bonchev–Trinajstić information content (AvgIpc) is 1.85. The van der Waals surface area contributed by atoms with Gasteiger partial charge >= 0.3 is 0 Å². The zero-order valence-corrected chi connectivity index (χ0v) is 9.41. The number of nitrogens with one attached hydrogen (secondary N) is 1.